The minimum Gasteiger partial charge on any atom is -0.464 e. The second-order valence-electron chi connectivity index (χ2n) is 5.29. The van der Waals surface area contributed by atoms with Gasteiger partial charge in [0, 0.05) is 0 Å². The van der Waals surface area contributed by atoms with Gasteiger partial charge in [-0.25, -0.2) is 9.59 Å². The van der Waals surface area contributed by atoms with E-state index in [2.05, 4.69) is 5.32 Å². The van der Waals surface area contributed by atoms with Gasteiger partial charge in [-0.05, 0) is 18.1 Å². The van der Waals surface area contributed by atoms with Gasteiger partial charge >= 0.3 is 12.1 Å². The fourth-order valence-electron chi connectivity index (χ4n) is 2.26. The molecule has 6 nitrogen and oxygen atoms in total. The number of carbonyl (C=O) groups excluding carboxylic acids is 2. The van der Waals surface area contributed by atoms with Gasteiger partial charge in [-0.1, -0.05) is 60.7 Å². The summed E-state index contributed by atoms with van der Waals surface area (Å²) in [6, 6.07) is 16.9. The van der Waals surface area contributed by atoms with Crippen LogP contribution in [-0.4, -0.2) is 29.9 Å². The molecule has 2 N–H and O–H groups in total. The first-order valence-corrected chi connectivity index (χ1v) is 7.98. The Kier molecular flexibility index (Phi) is 6.98. The molecule has 2 aromatic carbocycles. The highest BCUT2D eigenvalue weighted by Crippen LogP contribution is 2.18. The Hall–Kier alpha value is -2.86. The molecule has 0 fully saturated rings. The van der Waals surface area contributed by atoms with Crippen LogP contribution >= 0.6 is 0 Å². The highest BCUT2D eigenvalue weighted by atomic mass is 16.6. The summed E-state index contributed by atoms with van der Waals surface area (Å²) < 4.78 is 9.99. The Balaban J connectivity index is 2.05. The lowest BCUT2D eigenvalue weighted by atomic mass is 10.0. The molecule has 0 spiro atoms. The molecule has 0 bridgehead atoms. The molecule has 25 heavy (non-hydrogen) atoms. The second kappa shape index (κ2) is 9.44. The molecule has 132 valence electrons. The molecule has 0 aliphatic heterocycles. The van der Waals surface area contributed by atoms with Crippen LogP contribution in [0.4, 0.5) is 4.79 Å². The van der Waals surface area contributed by atoms with Crippen molar-refractivity contribution in [2.45, 2.75) is 25.7 Å². The fraction of sp³-hybridized carbons (Fsp3) is 0.263. The molecule has 2 atom stereocenters. The lowest BCUT2D eigenvalue weighted by Gasteiger charge is -2.23. The minimum atomic E-state index is -1.54. The quantitative estimate of drug-likeness (QED) is 0.755. The molecule has 2 rings (SSSR count). The number of amides is 1. The molecular weight excluding hydrogens is 322 g/mol. The topological polar surface area (TPSA) is 84.9 Å². The third-order valence-electron chi connectivity index (χ3n) is 3.49. The third kappa shape index (κ3) is 5.61. The van der Waals surface area contributed by atoms with Crippen molar-refractivity contribution >= 4 is 12.1 Å². The second-order valence-corrected chi connectivity index (χ2v) is 5.29. The van der Waals surface area contributed by atoms with E-state index in [1.165, 1.54) is 0 Å². The average Bonchev–Trinajstić information content (AvgIpc) is 2.65. The maximum absolute atomic E-state index is 12.1. The first-order chi connectivity index (χ1) is 12.1. The van der Waals surface area contributed by atoms with Crippen LogP contribution < -0.4 is 5.32 Å². The van der Waals surface area contributed by atoms with Crippen LogP contribution in [0.5, 0.6) is 0 Å². The van der Waals surface area contributed by atoms with Crippen molar-refractivity contribution in [3.05, 3.63) is 71.8 Å². The van der Waals surface area contributed by atoms with Crippen LogP contribution in [0, 0.1) is 0 Å². The molecule has 2 aromatic rings. The standard InChI is InChI=1S/C19H21NO5/c1-2-24-18(22)17(21)16(15-11-7-4-8-12-15)20-19(23)25-13-14-9-5-3-6-10-14/h3-12,16-17,21H,2,13H2,1H3,(H,20,23)/t16-,17?/m1/s1. The molecule has 0 aliphatic carbocycles. The van der Waals surface area contributed by atoms with Crippen molar-refractivity contribution in [1.82, 2.24) is 5.32 Å². The van der Waals surface area contributed by atoms with Crippen LogP contribution in [0.3, 0.4) is 0 Å². The highest BCUT2D eigenvalue weighted by Gasteiger charge is 2.30. The van der Waals surface area contributed by atoms with E-state index in [1.54, 1.807) is 37.3 Å². The predicted octanol–water partition coefficient (Wildman–Crippen LogP) is 2.58. The normalized spacial score (nSPS) is 12.7. The monoisotopic (exact) mass is 343 g/mol. The minimum absolute atomic E-state index is 0.0870. The first kappa shape index (κ1) is 18.5. The molecule has 0 aromatic heterocycles. The summed E-state index contributed by atoms with van der Waals surface area (Å²) in [4.78, 5) is 23.9. The van der Waals surface area contributed by atoms with Crippen LogP contribution in [-0.2, 0) is 20.9 Å². The number of hydrogen-bond acceptors (Lipinski definition) is 5. The van der Waals surface area contributed by atoms with Gasteiger partial charge < -0.3 is 19.9 Å². The summed E-state index contributed by atoms with van der Waals surface area (Å²) in [5.41, 5.74) is 1.40. The van der Waals surface area contributed by atoms with Crippen LogP contribution in [0.25, 0.3) is 0 Å². The molecule has 0 heterocycles. The number of ether oxygens (including phenoxy) is 2. The Bertz CT molecular complexity index is 675. The summed E-state index contributed by atoms with van der Waals surface area (Å²) >= 11 is 0. The van der Waals surface area contributed by atoms with Gasteiger partial charge in [-0.15, -0.1) is 0 Å². The molecular formula is C19H21NO5. The molecule has 0 radical (unpaired) electrons. The zero-order chi connectivity index (χ0) is 18.1. The maximum Gasteiger partial charge on any atom is 0.408 e. The highest BCUT2D eigenvalue weighted by molar-refractivity contribution is 5.77. The van der Waals surface area contributed by atoms with E-state index in [4.69, 9.17) is 9.47 Å². The molecule has 1 amide bonds. The van der Waals surface area contributed by atoms with Crippen molar-refractivity contribution in [2.75, 3.05) is 6.61 Å². The largest absolute Gasteiger partial charge is 0.464 e. The summed E-state index contributed by atoms with van der Waals surface area (Å²) in [5.74, 6) is -0.806. The summed E-state index contributed by atoms with van der Waals surface area (Å²) in [5, 5.41) is 12.8. The number of aliphatic hydroxyl groups excluding tert-OH is 1. The summed E-state index contributed by atoms with van der Waals surface area (Å²) in [6.45, 7) is 1.86. The van der Waals surface area contributed by atoms with Gasteiger partial charge in [-0.3, -0.25) is 0 Å². The number of rotatable bonds is 7. The van der Waals surface area contributed by atoms with Gasteiger partial charge in [0.25, 0.3) is 0 Å². The van der Waals surface area contributed by atoms with E-state index in [1.807, 2.05) is 30.3 Å². The van der Waals surface area contributed by atoms with Crippen molar-refractivity contribution < 1.29 is 24.2 Å². The number of carbonyl (C=O) groups is 2. The number of nitrogens with one attached hydrogen (secondary N) is 1. The van der Waals surface area contributed by atoms with E-state index in [0.717, 1.165) is 5.56 Å². The van der Waals surface area contributed by atoms with Gasteiger partial charge in [0.05, 0.1) is 12.6 Å². The number of benzene rings is 2. The number of hydrogen-bond donors (Lipinski definition) is 2. The van der Waals surface area contributed by atoms with Gasteiger partial charge in [0.2, 0.25) is 0 Å². The van der Waals surface area contributed by atoms with Crippen molar-refractivity contribution in [3.63, 3.8) is 0 Å². The Labute approximate surface area is 146 Å². The zero-order valence-electron chi connectivity index (χ0n) is 13.9. The Morgan fingerprint density at radius 2 is 1.60 bits per heavy atom. The zero-order valence-corrected chi connectivity index (χ0v) is 13.9. The predicted molar refractivity (Wildman–Crippen MR) is 91.6 cm³/mol. The lowest BCUT2D eigenvalue weighted by molar-refractivity contribution is -0.154. The van der Waals surface area contributed by atoms with Crippen molar-refractivity contribution in [3.8, 4) is 0 Å². The number of aliphatic hydroxyl groups is 1. The van der Waals surface area contributed by atoms with E-state index >= 15 is 0 Å². The van der Waals surface area contributed by atoms with E-state index in [9.17, 15) is 14.7 Å². The average molecular weight is 343 g/mol. The van der Waals surface area contributed by atoms with Gasteiger partial charge in [0.15, 0.2) is 6.10 Å². The van der Waals surface area contributed by atoms with E-state index in [0.29, 0.717) is 5.56 Å². The lowest BCUT2D eigenvalue weighted by Crippen LogP contribution is -2.41. The van der Waals surface area contributed by atoms with E-state index < -0.39 is 24.2 Å². The Morgan fingerprint density at radius 1 is 1.00 bits per heavy atom. The summed E-state index contributed by atoms with van der Waals surface area (Å²) in [6.07, 6.45) is -2.27. The molecule has 1 unspecified atom stereocenters. The Morgan fingerprint density at radius 3 is 2.20 bits per heavy atom. The maximum atomic E-state index is 12.1. The van der Waals surface area contributed by atoms with Crippen LogP contribution in [0.2, 0.25) is 0 Å². The van der Waals surface area contributed by atoms with Crippen molar-refractivity contribution in [1.29, 1.82) is 0 Å². The van der Waals surface area contributed by atoms with E-state index in [-0.39, 0.29) is 13.2 Å². The van der Waals surface area contributed by atoms with Crippen LogP contribution in [0.15, 0.2) is 60.7 Å². The SMILES string of the molecule is CCOC(=O)C(O)[C@H](NC(=O)OCc1ccccc1)c1ccccc1. The smallest absolute Gasteiger partial charge is 0.408 e. The van der Waals surface area contributed by atoms with Gasteiger partial charge in [-0.2, -0.15) is 0 Å². The van der Waals surface area contributed by atoms with Crippen molar-refractivity contribution in [2.24, 2.45) is 0 Å². The number of esters is 1. The first-order valence-electron chi connectivity index (χ1n) is 7.98. The summed E-state index contributed by atoms with van der Waals surface area (Å²) in [7, 11) is 0. The molecule has 0 saturated heterocycles. The fourth-order valence-corrected chi connectivity index (χ4v) is 2.26. The molecule has 0 aliphatic rings. The molecule has 6 heteroatoms. The van der Waals surface area contributed by atoms with Crippen LogP contribution in [0.1, 0.15) is 24.1 Å². The third-order valence-corrected chi connectivity index (χ3v) is 3.49. The van der Waals surface area contributed by atoms with Gasteiger partial charge in [0.1, 0.15) is 6.61 Å². The molecule has 0 saturated carbocycles. The number of alkyl carbamates (subject to hydrolysis) is 1.